The number of hydrogen-bond acceptors (Lipinski definition) is 9. The van der Waals surface area contributed by atoms with Crippen molar-refractivity contribution in [2.45, 2.75) is 0 Å². The first kappa shape index (κ1) is 22.5. The zero-order valence-electron chi connectivity index (χ0n) is 18.3. The highest BCUT2D eigenvalue weighted by Crippen LogP contribution is 2.31. The summed E-state index contributed by atoms with van der Waals surface area (Å²) in [4.78, 5) is 40.8. The number of hydrogen-bond donors (Lipinski definition) is 2. The number of rotatable bonds is 8. The summed E-state index contributed by atoms with van der Waals surface area (Å²) in [7, 11) is 3.02. The van der Waals surface area contributed by atoms with Gasteiger partial charge in [-0.2, -0.15) is 4.98 Å². The summed E-state index contributed by atoms with van der Waals surface area (Å²) in [5, 5.41) is 9.56. The highest BCUT2D eigenvalue weighted by Gasteiger charge is 2.18. The summed E-state index contributed by atoms with van der Waals surface area (Å²) in [6, 6.07) is 13.4. The van der Waals surface area contributed by atoms with Gasteiger partial charge < -0.3 is 29.0 Å². The predicted molar refractivity (Wildman–Crippen MR) is 120 cm³/mol. The fraction of sp³-hybridized carbons (Fsp3) is 0.174. The monoisotopic (exact) mass is 464 g/mol. The van der Waals surface area contributed by atoms with Crippen LogP contribution in [0, 0.1) is 0 Å². The van der Waals surface area contributed by atoms with Crippen molar-refractivity contribution in [2.75, 3.05) is 27.3 Å². The van der Waals surface area contributed by atoms with Crippen molar-refractivity contribution in [3.63, 3.8) is 0 Å². The third-order valence-corrected chi connectivity index (χ3v) is 4.84. The van der Waals surface area contributed by atoms with Crippen LogP contribution in [-0.4, -0.2) is 49.3 Å². The molecule has 2 aromatic heterocycles. The topological polar surface area (TPSA) is 146 Å². The van der Waals surface area contributed by atoms with E-state index in [-0.39, 0.29) is 30.4 Å². The number of carbonyl (C=O) groups excluding carboxylic acids is 2. The van der Waals surface area contributed by atoms with Gasteiger partial charge in [-0.1, -0.05) is 23.4 Å². The van der Waals surface area contributed by atoms with Crippen LogP contribution < -0.4 is 25.7 Å². The van der Waals surface area contributed by atoms with Crippen LogP contribution in [0.3, 0.4) is 0 Å². The summed E-state index contributed by atoms with van der Waals surface area (Å²) in [6.07, 6.45) is 0. The van der Waals surface area contributed by atoms with Crippen LogP contribution in [0.5, 0.6) is 11.5 Å². The number of carbonyl (C=O) groups is 2. The molecule has 0 saturated heterocycles. The molecule has 11 heteroatoms. The van der Waals surface area contributed by atoms with Gasteiger partial charge in [0.25, 0.3) is 5.91 Å². The van der Waals surface area contributed by atoms with Gasteiger partial charge in [-0.25, -0.2) is 4.79 Å². The highest BCUT2D eigenvalue weighted by molar-refractivity contribution is 5.96. The summed E-state index contributed by atoms with van der Waals surface area (Å²) >= 11 is 0. The van der Waals surface area contributed by atoms with Crippen molar-refractivity contribution in [3.05, 3.63) is 70.4 Å². The Kier molecular flexibility index (Phi) is 6.53. The molecule has 0 atom stereocenters. The van der Waals surface area contributed by atoms with Gasteiger partial charge in [-0.15, -0.1) is 0 Å². The SMILES string of the molecule is COc1ccc(-c2noc(C(=O)NCCNC(=O)c3cc4ccccc4oc3=O)n2)cc1OC. The molecule has 0 bridgehead atoms. The second-order valence-electron chi connectivity index (χ2n) is 6.99. The second-order valence-corrected chi connectivity index (χ2v) is 6.99. The molecule has 11 nitrogen and oxygen atoms in total. The number of fused-ring (bicyclic) bond motifs is 1. The zero-order valence-corrected chi connectivity index (χ0v) is 18.3. The minimum atomic E-state index is -0.742. The third-order valence-electron chi connectivity index (χ3n) is 4.84. The van der Waals surface area contributed by atoms with Gasteiger partial charge in [0.2, 0.25) is 5.82 Å². The van der Waals surface area contributed by atoms with Gasteiger partial charge >= 0.3 is 17.4 Å². The van der Waals surface area contributed by atoms with Gasteiger partial charge in [-0.3, -0.25) is 9.59 Å². The fourth-order valence-electron chi connectivity index (χ4n) is 3.15. The number of nitrogens with zero attached hydrogens (tertiary/aromatic N) is 2. The summed E-state index contributed by atoms with van der Waals surface area (Å²) in [5.41, 5.74) is 0.0977. The van der Waals surface area contributed by atoms with E-state index in [0.29, 0.717) is 28.0 Å². The summed E-state index contributed by atoms with van der Waals surface area (Å²) in [6.45, 7) is 0.130. The first-order chi connectivity index (χ1) is 16.5. The molecule has 174 valence electrons. The van der Waals surface area contributed by atoms with Crippen LogP contribution in [0.1, 0.15) is 21.0 Å². The Morgan fingerprint density at radius 3 is 2.44 bits per heavy atom. The average molecular weight is 464 g/mol. The van der Waals surface area contributed by atoms with Gasteiger partial charge in [0.05, 0.1) is 14.2 Å². The second kappa shape index (κ2) is 9.86. The number of amides is 2. The lowest BCUT2D eigenvalue weighted by Gasteiger charge is -2.07. The quantitative estimate of drug-likeness (QED) is 0.295. The number of aromatic nitrogens is 2. The Bertz CT molecular complexity index is 1410. The Balaban J connectivity index is 1.33. The van der Waals surface area contributed by atoms with Crippen molar-refractivity contribution in [3.8, 4) is 22.9 Å². The maximum Gasteiger partial charge on any atom is 0.349 e. The number of para-hydroxylation sites is 1. The van der Waals surface area contributed by atoms with Gasteiger partial charge in [0.1, 0.15) is 11.1 Å². The standard InChI is InChI=1S/C23H20N4O7/c1-31-17-8-7-14(12-18(17)32-2)19-26-22(34-27-19)21(29)25-10-9-24-20(28)15-11-13-5-3-4-6-16(13)33-23(15)30/h3-8,11-12H,9-10H2,1-2H3,(H,24,28)(H,25,29). The molecule has 0 saturated carbocycles. The van der Waals surface area contributed by atoms with Crippen LogP contribution in [-0.2, 0) is 0 Å². The Hall–Kier alpha value is -4.67. The molecule has 2 heterocycles. The first-order valence-electron chi connectivity index (χ1n) is 10.2. The highest BCUT2D eigenvalue weighted by atomic mass is 16.5. The molecule has 4 rings (SSSR count). The molecule has 0 aliphatic rings. The lowest BCUT2D eigenvalue weighted by molar-refractivity contribution is 0.0897. The average Bonchev–Trinajstić information content (AvgIpc) is 3.36. The largest absolute Gasteiger partial charge is 0.493 e. The molecule has 0 spiro atoms. The van der Waals surface area contributed by atoms with Crippen molar-refractivity contribution in [2.24, 2.45) is 0 Å². The number of ether oxygens (including phenoxy) is 2. The lowest BCUT2D eigenvalue weighted by Crippen LogP contribution is -2.36. The smallest absolute Gasteiger partial charge is 0.349 e. The lowest BCUT2D eigenvalue weighted by atomic mass is 10.2. The fourth-order valence-corrected chi connectivity index (χ4v) is 3.15. The van der Waals surface area contributed by atoms with Crippen LogP contribution in [0.4, 0.5) is 0 Å². The van der Waals surface area contributed by atoms with Gasteiger partial charge in [-0.05, 0) is 30.3 Å². The molecule has 0 fully saturated rings. The van der Waals surface area contributed by atoms with E-state index in [9.17, 15) is 14.4 Å². The summed E-state index contributed by atoms with van der Waals surface area (Å²) in [5.74, 6) is -0.252. The third kappa shape index (κ3) is 4.72. The van der Waals surface area contributed by atoms with Crippen LogP contribution in [0.25, 0.3) is 22.4 Å². The van der Waals surface area contributed by atoms with Crippen LogP contribution in [0.2, 0.25) is 0 Å². The molecule has 34 heavy (non-hydrogen) atoms. The number of methoxy groups -OCH3 is 2. The Morgan fingerprint density at radius 2 is 1.68 bits per heavy atom. The predicted octanol–water partition coefficient (Wildman–Crippen LogP) is 2.02. The van der Waals surface area contributed by atoms with E-state index in [2.05, 4.69) is 20.8 Å². The van der Waals surface area contributed by atoms with Crippen LogP contribution >= 0.6 is 0 Å². The molecule has 0 unspecified atom stereocenters. The zero-order chi connectivity index (χ0) is 24.1. The molecule has 0 aliphatic carbocycles. The van der Waals surface area contributed by atoms with E-state index in [1.54, 1.807) is 42.5 Å². The van der Waals surface area contributed by atoms with E-state index in [4.69, 9.17) is 18.4 Å². The molecule has 0 aliphatic heterocycles. The van der Waals surface area contributed by atoms with Crippen LogP contribution in [0.15, 0.2) is 62.3 Å². The minimum absolute atomic E-state index is 0.0630. The molecule has 2 aromatic carbocycles. The first-order valence-corrected chi connectivity index (χ1v) is 10.2. The number of benzene rings is 2. The van der Waals surface area contributed by atoms with Crippen molar-refractivity contribution < 1.29 is 28.0 Å². The van der Waals surface area contributed by atoms with E-state index in [1.165, 1.54) is 20.3 Å². The number of nitrogens with one attached hydrogen (secondary N) is 2. The Morgan fingerprint density at radius 1 is 0.941 bits per heavy atom. The van der Waals surface area contributed by atoms with Crippen molar-refractivity contribution in [1.29, 1.82) is 0 Å². The van der Waals surface area contributed by atoms with Crippen molar-refractivity contribution in [1.82, 2.24) is 20.8 Å². The maximum atomic E-state index is 12.3. The normalized spacial score (nSPS) is 10.6. The molecular formula is C23H20N4O7. The molecule has 0 radical (unpaired) electrons. The molecule has 2 amide bonds. The molecule has 2 N–H and O–H groups in total. The van der Waals surface area contributed by atoms with Crippen molar-refractivity contribution >= 4 is 22.8 Å². The minimum Gasteiger partial charge on any atom is -0.493 e. The van der Waals surface area contributed by atoms with E-state index >= 15 is 0 Å². The molecule has 4 aromatic rings. The summed E-state index contributed by atoms with van der Waals surface area (Å²) < 4.78 is 20.6. The van der Waals surface area contributed by atoms with E-state index < -0.39 is 17.4 Å². The van der Waals surface area contributed by atoms with E-state index in [0.717, 1.165) is 0 Å². The molecular weight excluding hydrogens is 444 g/mol. The maximum absolute atomic E-state index is 12.3. The van der Waals surface area contributed by atoms with Gasteiger partial charge in [0, 0.05) is 24.0 Å². The van der Waals surface area contributed by atoms with E-state index in [1.807, 2.05) is 0 Å². The van der Waals surface area contributed by atoms with Gasteiger partial charge in [0.15, 0.2) is 11.5 Å². The Labute approximate surface area is 192 Å².